The van der Waals surface area contributed by atoms with Crippen LogP contribution in [0.3, 0.4) is 0 Å². The highest BCUT2D eigenvalue weighted by Crippen LogP contribution is 2.33. The summed E-state index contributed by atoms with van der Waals surface area (Å²) in [7, 11) is 1.31. The Morgan fingerprint density at radius 1 is 1.35 bits per heavy atom. The largest absolute Gasteiger partial charge is 0.491 e. The molecule has 3 rings (SSSR count). The predicted octanol–water partition coefficient (Wildman–Crippen LogP) is 1.81. The smallest absolute Gasteiger partial charge is 0.358 e. The van der Waals surface area contributed by atoms with Crippen LogP contribution in [0.5, 0.6) is 5.75 Å². The molecular weight excluding hydrogens is 258 g/mol. The van der Waals surface area contributed by atoms with Gasteiger partial charge in [0.1, 0.15) is 18.2 Å². The van der Waals surface area contributed by atoms with E-state index in [-0.39, 0.29) is 11.7 Å². The van der Waals surface area contributed by atoms with Crippen LogP contribution in [0.1, 0.15) is 22.1 Å². The number of benzene rings is 1. The molecule has 0 bridgehead atoms. The first-order chi connectivity index (χ1) is 9.78. The molecule has 1 aromatic carbocycles. The molecule has 1 N–H and O–H groups in total. The predicted molar refractivity (Wildman–Crippen MR) is 71.7 cm³/mol. The number of methoxy groups -OCH3 is 1. The van der Waals surface area contributed by atoms with Crippen molar-refractivity contribution in [3.63, 3.8) is 0 Å². The van der Waals surface area contributed by atoms with E-state index in [0.717, 1.165) is 11.3 Å². The van der Waals surface area contributed by atoms with Gasteiger partial charge in [0.2, 0.25) is 0 Å². The quantitative estimate of drug-likeness (QED) is 0.858. The molecule has 0 amide bonds. The van der Waals surface area contributed by atoms with E-state index < -0.39 is 5.97 Å². The number of nitrogens with one attached hydrogen (secondary N) is 1. The van der Waals surface area contributed by atoms with E-state index in [1.54, 1.807) is 0 Å². The average Bonchev–Trinajstić information content (AvgIpc) is 2.91. The van der Waals surface area contributed by atoms with E-state index >= 15 is 0 Å². The molecule has 1 aliphatic heterocycles. The van der Waals surface area contributed by atoms with Crippen LogP contribution in [-0.4, -0.2) is 29.7 Å². The second kappa shape index (κ2) is 5.16. The van der Waals surface area contributed by atoms with Gasteiger partial charge in [0.05, 0.1) is 25.5 Å². The maximum absolute atomic E-state index is 11.3. The third kappa shape index (κ3) is 2.27. The molecule has 0 fully saturated rings. The Morgan fingerprint density at radius 2 is 2.20 bits per heavy atom. The summed E-state index contributed by atoms with van der Waals surface area (Å²) in [5.41, 5.74) is 1.27. The Bertz CT molecular complexity index is 628. The number of rotatable bonds is 3. The second-order valence-corrected chi connectivity index (χ2v) is 4.32. The fourth-order valence-electron chi connectivity index (χ4n) is 2.07. The van der Waals surface area contributed by atoms with Crippen molar-refractivity contribution in [2.75, 3.05) is 19.0 Å². The Hall–Kier alpha value is -2.63. The van der Waals surface area contributed by atoms with Crippen molar-refractivity contribution >= 4 is 11.8 Å². The number of para-hydroxylation sites is 1. The van der Waals surface area contributed by atoms with Crippen LogP contribution in [-0.2, 0) is 4.74 Å². The molecule has 0 radical (unpaired) electrons. The number of hydrogen-bond donors (Lipinski definition) is 1. The van der Waals surface area contributed by atoms with Gasteiger partial charge in [0.15, 0.2) is 5.69 Å². The van der Waals surface area contributed by atoms with Gasteiger partial charge in [0.25, 0.3) is 0 Å². The van der Waals surface area contributed by atoms with Crippen LogP contribution in [0.2, 0.25) is 0 Å². The lowest BCUT2D eigenvalue weighted by molar-refractivity contribution is 0.0593. The Morgan fingerprint density at radius 3 is 2.95 bits per heavy atom. The van der Waals surface area contributed by atoms with Gasteiger partial charge in [-0.3, -0.25) is 0 Å². The van der Waals surface area contributed by atoms with Gasteiger partial charge in [-0.1, -0.05) is 18.2 Å². The molecule has 1 aliphatic rings. The van der Waals surface area contributed by atoms with E-state index in [4.69, 9.17) is 4.74 Å². The molecule has 2 aromatic rings. The van der Waals surface area contributed by atoms with Crippen molar-refractivity contribution < 1.29 is 14.3 Å². The maximum atomic E-state index is 11.3. The Balaban J connectivity index is 1.75. The number of hydrogen-bond acceptors (Lipinski definition) is 6. The number of nitrogens with zero attached hydrogens (tertiary/aromatic N) is 2. The van der Waals surface area contributed by atoms with Crippen LogP contribution < -0.4 is 10.1 Å². The monoisotopic (exact) mass is 271 g/mol. The first-order valence-corrected chi connectivity index (χ1v) is 6.16. The van der Waals surface area contributed by atoms with Crippen molar-refractivity contribution in [1.29, 1.82) is 0 Å². The Labute approximate surface area is 115 Å². The normalized spacial score (nSPS) is 16.1. The summed E-state index contributed by atoms with van der Waals surface area (Å²) in [4.78, 5) is 19.4. The molecule has 20 heavy (non-hydrogen) atoms. The standard InChI is InChI=1S/C14H13N3O3/c1-19-14(18)10-6-16-13(7-15-10)17-11-8-20-12-5-3-2-4-9(11)12/h2-7,11H,8H2,1H3,(H,16,17). The lowest BCUT2D eigenvalue weighted by Gasteiger charge is -2.11. The summed E-state index contributed by atoms with van der Waals surface area (Å²) in [6, 6.07) is 7.88. The number of esters is 1. The molecule has 1 unspecified atom stereocenters. The minimum atomic E-state index is -0.501. The minimum absolute atomic E-state index is 0.0319. The van der Waals surface area contributed by atoms with Gasteiger partial charge in [0, 0.05) is 5.56 Å². The zero-order chi connectivity index (χ0) is 13.9. The van der Waals surface area contributed by atoms with E-state index in [0.29, 0.717) is 12.4 Å². The summed E-state index contributed by atoms with van der Waals surface area (Å²) in [6.45, 7) is 0.541. The molecule has 1 atom stereocenters. The van der Waals surface area contributed by atoms with E-state index in [1.807, 2.05) is 24.3 Å². The zero-order valence-corrected chi connectivity index (χ0v) is 10.9. The van der Waals surface area contributed by atoms with Crippen molar-refractivity contribution in [3.8, 4) is 5.75 Å². The van der Waals surface area contributed by atoms with Crippen molar-refractivity contribution in [2.24, 2.45) is 0 Å². The summed E-state index contributed by atoms with van der Waals surface area (Å²) in [6.07, 6.45) is 2.89. The average molecular weight is 271 g/mol. The molecule has 0 saturated carbocycles. The van der Waals surface area contributed by atoms with E-state index in [1.165, 1.54) is 19.5 Å². The number of fused-ring (bicyclic) bond motifs is 1. The first-order valence-electron chi connectivity index (χ1n) is 6.16. The van der Waals surface area contributed by atoms with Crippen LogP contribution in [0.25, 0.3) is 0 Å². The summed E-state index contributed by atoms with van der Waals surface area (Å²) >= 11 is 0. The molecule has 2 heterocycles. The third-order valence-electron chi connectivity index (χ3n) is 3.07. The van der Waals surface area contributed by atoms with Crippen molar-refractivity contribution in [3.05, 3.63) is 47.9 Å². The fraction of sp³-hybridized carbons (Fsp3) is 0.214. The lowest BCUT2D eigenvalue weighted by Crippen LogP contribution is -2.14. The fourth-order valence-corrected chi connectivity index (χ4v) is 2.07. The number of anilines is 1. The number of ether oxygens (including phenoxy) is 2. The van der Waals surface area contributed by atoms with E-state index in [9.17, 15) is 4.79 Å². The number of carbonyl (C=O) groups excluding carboxylic acids is 1. The molecule has 0 saturated heterocycles. The summed E-state index contributed by atoms with van der Waals surface area (Å²) in [5.74, 6) is 0.964. The van der Waals surface area contributed by atoms with Crippen molar-refractivity contribution in [1.82, 2.24) is 9.97 Å². The Kier molecular flexibility index (Phi) is 3.20. The second-order valence-electron chi connectivity index (χ2n) is 4.32. The van der Waals surface area contributed by atoms with Gasteiger partial charge in [-0.2, -0.15) is 0 Å². The van der Waals surface area contributed by atoms with Crippen LogP contribution in [0.15, 0.2) is 36.7 Å². The van der Waals surface area contributed by atoms with Crippen LogP contribution in [0.4, 0.5) is 5.82 Å². The van der Waals surface area contributed by atoms with Crippen molar-refractivity contribution in [2.45, 2.75) is 6.04 Å². The van der Waals surface area contributed by atoms with Crippen LogP contribution in [0, 0.1) is 0 Å². The minimum Gasteiger partial charge on any atom is -0.491 e. The highest BCUT2D eigenvalue weighted by atomic mass is 16.5. The van der Waals surface area contributed by atoms with Gasteiger partial charge < -0.3 is 14.8 Å². The topological polar surface area (TPSA) is 73.3 Å². The van der Waals surface area contributed by atoms with Gasteiger partial charge >= 0.3 is 5.97 Å². The lowest BCUT2D eigenvalue weighted by atomic mass is 10.1. The number of aromatic nitrogens is 2. The molecule has 102 valence electrons. The molecule has 6 heteroatoms. The number of carbonyl (C=O) groups is 1. The highest BCUT2D eigenvalue weighted by Gasteiger charge is 2.23. The molecule has 6 nitrogen and oxygen atoms in total. The molecular formula is C14H13N3O3. The van der Waals surface area contributed by atoms with Gasteiger partial charge in [-0.15, -0.1) is 0 Å². The SMILES string of the molecule is COC(=O)c1cnc(NC2COc3ccccc32)cn1. The summed E-state index contributed by atoms with van der Waals surface area (Å²) in [5, 5.41) is 3.23. The zero-order valence-electron chi connectivity index (χ0n) is 10.9. The highest BCUT2D eigenvalue weighted by molar-refractivity contribution is 5.86. The molecule has 0 spiro atoms. The maximum Gasteiger partial charge on any atom is 0.358 e. The summed E-state index contributed by atoms with van der Waals surface area (Å²) < 4.78 is 10.2. The van der Waals surface area contributed by atoms with Gasteiger partial charge in [-0.25, -0.2) is 14.8 Å². The first kappa shape index (κ1) is 12.4. The van der Waals surface area contributed by atoms with Crippen LogP contribution >= 0.6 is 0 Å². The molecule has 0 aliphatic carbocycles. The van der Waals surface area contributed by atoms with E-state index in [2.05, 4.69) is 20.0 Å². The van der Waals surface area contributed by atoms with Gasteiger partial charge in [-0.05, 0) is 6.07 Å². The molecule has 1 aromatic heterocycles. The third-order valence-corrected chi connectivity index (χ3v) is 3.07.